The van der Waals surface area contributed by atoms with Crippen LogP contribution in [-0.2, 0) is 24.8 Å². The van der Waals surface area contributed by atoms with Crippen molar-refractivity contribution in [3.63, 3.8) is 0 Å². The van der Waals surface area contributed by atoms with Crippen molar-refractivity contribution in [2.24, 2.45) is 0 Å². The summed E-state index contributed by atoms with van der Waals surface area (Å²) in [5, 5.41) is 2.48. The number of methoxy groups -OCH3 is 1. The first-order valence-corrected chi connectivity index (χ1v) is 13.2. The highest BCUT2D eigenvalue weighted by Crippen LogP contribution is 2.32. The molecule has 1 N–H and O–H groups in total. The molecular formula is C21H23N3O7S2. The van der Waals surface area contributed by atoms with E-state index in [1.54, 1.807) is 0 Å². The molecule has 1 saturated heterocycles. The van der Waals surface area contributed by atoms with Crippen molar-refractivity contribution in [3.8, 4) is 5.75 Å². The Kier molecular flexibility index (Phi) is 6.16. The minimum Gasteiger partial charge on any atom is -0.495 e. The molecule has 4 rings (SSSR count). The van der Waals surface area contributed by atoms with Gasteiger partial charge in [0.25, 0.3) is 15.9 Å². The first kappa shape index (κ1) is 23.2. The Labute approximate surface area is 192 Å². The summed E-state index contributed by atoms with van der Waals surface area (Å²) in [4.78, 5) is 24.9. The van der Waals surface area contributed by atoms with Gasteiger partial charge in [0, 0.05) is 18.8 Å². The lowest BCUT2D eigenvalue weighted by Crippen LogP contribution is -2.37. The van der Waals surface area contributed by atoms with Crippen molar-refractivity contribution in [3.05, 3.63) is 48.0 Å². The summed E-state index contributed by atoms with van der Waals surface area (Å²) in [6.45, 7) is 0.0607. The number of carbonyl (C=O) groups excluding carboxylic acids is 2. The van der Waals surface area contributed by atoms with Crippen LogP contribution < -0.4 is 10.1 Å². The number of carbonyl (C=O) groups is 2. The number of rotatable bonds is 6. The van der Waals surface area contributed by atoms with Gasteiger partial charge >= 0.3 is 0 Å². The van der Waals surface area contributed by atoms with Crippen molar-refractivity contribution in [2.75, 3.05) is 32.1 Å². The molecule has 0 radical (unpaired) electrons. The smallest absolute Gasteiger partial charge is 0.269 e. The molecule has 2 aromatic rings. The second kappa shape index (κ2) is 8.76. The van der Waals surface area contributed by atoms with E-state index in [0.717, 1.165) is 19.3 Å². The third-order valence-corrected chi connectivity index (χ3v) is 9.29. The van der Waals surface area contributed by atoms with Gasteiger partial charge in [0.2, 0.25) is 15.9 Å². The number of sulfonamides is 2. The Bertz CT molecular complexity index is 1320. The molecule has 1 fully saturated rings. The first-order chi connectivity index (χ1) is 15.7. The summed E-state index contributed by atoms with van der Waals surface area (Å²) in [6.07, 6.45) is 2.48. The highest BCUT2D eigenvalue weighted by Gasteiger charge is 2.41. The maximum absolute atomic E-state index is 13.1. The minimum atomic E-state index is -4.14. The first-order valence-electron chi connectivity index (χ1n) is 10.3. The largest absolute Gasteiger partial charge is 0.495 e. The standard InChI is InChI=1S/C21H23N3O7S2/c1-31-17-10-9-15(13-19(17)32(27,28)23-11-5-2-6-12-23)22-20(25)14-24-21(26)16-7-3-4-8-18(16)33(24,29)30/h3-4,7-10,13H,2,5-6,11-12,14H2,1H3,(H,22,25). The molecule has 0 spiro atoms. The van der Waals surface area contributed by atoms with Crippen molar-refractivity contribution in [1.29, 1.82) is 0 Å². The van der Waals surface area contributed by atoms with Crippen LogP contribution in [0.15, 0.2) is 52.3 Å². The molecule has 2 aliphatic rings. The molecule has 33 heavy (non-hydrogen) atoms. The molecule has 10 nitrogen and oxygen atoms in total. The Hall–Kier alpha value is -2.96. The molecule has 176 valence electrons. The van der Waals surface area contributed by atoms with Gasteiger partial charge in [-0.1, -0.05) is 18.6 Å². The number of ether oxygens (including phenoxy) is 1. The van der Waals surface area contributed by atoms with Crippen molar-refractivity contribution in [2.45, 2.75) is 29.1 Å². The number of anilines is 1. The summed E-state index contributed by atoms with van der Waals surface area (Å²) in [6, 6.07) is 9.86. The van der Waals surface area contributed by atoms with E-state index in [-0.39, 0.29) is 26.8 Å². The highest BCUT2D eigenvalue weighted by molar-refractivity contribution is 7.90. The summed E-state index contributed by atoms with van der Waals surface area (Å²) in [5.41, 5.74) is 0.141. The second-order valence-corrected chi connectivity index (χ2v) is 11.4. The molecule has 2 aromatic carbocycles. The summed E-state index contributed by atoms with van der Waals surface area (Å²) >= 11 is 0. The quantitative estimate of drug-likeness (QED) is 0.648. The third-order valence-electron chi connectivity index (χ3n) is 5.58. The van der Waals surface area contributed by atoms with E-state index in [0.29, 0.717) is 17.4 Å². The van der Waals surface area contributed by atoms with Gasteiger partial charge in [0.05, 0.1) is 12.7 Å². The van der Waals surface area contributed by atoms with Crippen LogP contribution in [0.5, 0.6) is 5.75 Å². The second-order valence-electron chi connectivity index (χ2n) is 7.69. The van der Waals surface area contributed by atoms with Crippen LogP contribution >= 0.6 is 0 Å². The fourth-order valence-corrected chi connectivity index (χ4v) is 7.14. The van der Waals surface area contributed by atoms with Crippen LogP contribution in [0.3, 0.4) is 0 Å². The molecule has 0 saturated carbocycles. The van der Waals surface area contributed by atoms with Crippen molar-refractivity contribution < 1.29 is 31.2 Å². The van der Waals surface area contributed by atoms with E-state index in [2.05, 4.69) is 5.32 Å². The average Bonchev–Trinajstić information content (AvgIpc) is 3.00. The number of benzene rings is 2. The number of hydrogen-bond acceptors (Lipinski definition) is 7. The van der Waals surface area contributed by atoms with Gasteiger partial charge in [-0.15, -0.1) is 0 Å². The van der Waals surface area contributed by atoms with E-state index in [1.807, 2.05) is 0 Å². The Morgan fingerprint density at radius 2 is 1.79 bits per heavy atom. The van der Waals surface area contributed by atoms with E-state index < -0.39 is 38.4 Å². The number of hydrogen-bond donors (Lipinski definition) is 1. The van der Waals surface area contributed by atoms with Crippen LogP contribution in [0, 0.1) is 0 Å². The Morgan fingerprint density at radius 3 is 2.45 bits per heavy atom. The third kappa shape index (κ3) is 4.21. The SMILES string of the molecule is COc1ccc(NC(=O)CN2C(=O)c3ccccc3S2(=O)=O)cc1S(=O)(=O)N1CCCCC1. The van der Waals surface area contributed by atoms with Gasteiger partial charge < -0.3 is 10.1 Å². The van der Waals surface area contributed by atoms with Crippen molar-refractivity contribution >= 4 is 37.5 Å². The molecule has 0 unspecified atom stereocenters. The number of nitrogens with zero attached hydrogens (tertiary/aromatic N) is 2. The summed E-state index contributed by atoms with van der Waals surface area (Å²) in [7, 11) is -6.64. The molecule has 2 heterocycles. The zero-order chi connectivity index (χ0) is 23.8. The number of nitrogens with one attached hydrogen (secondary N) is 1. The van der Waals surface area contributed by atoms with E-state index >= 15 is 0 Å². The number of amides is 2. The normalized spacial score (nSPS) is 18.1. The highest BCUT2D eigenvalue weighted by atomic mass is 32.2. The summed E-state index contributed by atoms with van der Waals surface area (Å²) in [5.74, 6) is -1.44. The van der Waals surface area contributed by atoms with E-state index in [4.69, 9.17) is 4.74 Å². The fourth-order valence-electron chi connectivity index (χ4n) is 3.92. The molecule has 2 aliphatic heterocycles. The van der Waals surface area contributed by atoms with Crippen LogP contribution in [-0.4, -0.2) is 64.0 Å². The van der Waals surface area contributed by atoms with Gasteiger partial charge in [0.15, 0.2) is 0 Å². The van der Waals surface area contributed by atoms with Gasteiger partial charge in [-0.2, -0.15) is 4.31 Å². The zero-order valence-corrected chi connectivity index (χ0v) is 19.5. The molecule has 2 amide bonds. The average molecular weight is 494 g/mol. The number of piperidine rings is 1. The van der Waals surface area contributed by atoms with Gasteiger partial charge in [-0.3, -0.25) is 9.59 Å². The predicted octanol–water partition coefficient (Wildman–Crippen LogP) is 1.65. The van der Waals surface area contributed by atoms with Gasteiger partial charge in [-0.05, 0) is 43.2 Å². The van der Waals surface area contributed by atoms with Gasteiger partial charge in [-0.25, -0.2) is 21.1 Å². The Morgan fingerprint density at radius 1 is 1.09 bits per heavy atom. The lowest BCUT2D eigenvalue weighted by Gasteiger charge is -2.26. The maximum Gasteiger partial charge on any atom is 0.269 e. The van der Waals surface area contributed by atoms with Crippen LogP contribution in [0.2, 0.25) is 0 Å². The molecular weight excluding hydrogens is 470 g/mol. The summed E-state index contributed by atoms with van der Waals surface area (Å²) < 4.78 is 58.7. The molecule has 0 bridgehead atoms. The lowest BCUT2D eigenvalue weighted by molar-refractivity contribution is -0.116. The number of fused-ring (bicyclic) bond motifs is 1. The minimum absolute atomic E-state index is 0.00431. The van der Waals surface area contributed by atoms with Crippen LogP contribution in [0.4, 0.5) is 5.69 Å². The topological polar surface area (TPSA) is 130 Å². The molecule has 0 aromatic heterocycles. The lowest BCUT2D eigenvalue weighted by atomic mass is 10.2. The molecule has 12 heteroatoms. The molecule has 0 atom stereocenters. The van der Waals surface area contributed by atoms with Gasteiger partial charge in [0.1, 0.15) is 22.1 Å². The maximum atomic E-state index is 13.1. The fraction of sp³-hybridized carbons (Fsp3) is 0.333. The Balaban J connectivity index is 1.56. The predicted molar refractivity (Wildman–Crippen MR) is 119 cm³/mol. The molecule has 0 aliphatic carbocycles. The monoisotopic (exact) mass is 493 g/mol. The van der Waals surface area contributed by atoms with E-state index in [9.17, 15) is 26.4 Å². The van der Waals surface area contributed by atoms with Crippen LogP contribution in [0.1, 0.15) is 29.6 Å². The van der Waals surface area contributed by atoms with Crippen molar-refractivity contribution in [1.82, 2.24) is 8.61 Å². The van der Waals surface area contributed by atoms with E-state index in [1.165, 1.54) is 53.9 Å². The zero-order valence-electron chi connectivity index (χ0n) is 17.9. The van der Waals surface area contributed by atoms with Crippen LogP contribution in [0.25, 0.3) is 0 Å².